The van der Waals surface area contributed by atoms with Crippen LogP contribution < -0.4 is 4.90 Å². The number of rotatable bonds is 3. The maximum absolute atomic E-state index is 12.8. The van der Waals surface area contributed by atoms with Crippen molar-refractivity contribution in [1.29, 1.82) is 0 Å². The summed E-state index contributed by atoms with van der Waals surface area (Å²) >= 11 is 3.41. The Balaban J connectivity index is 1.39. The lowest BCUT2D eigenvalue weighted by Gasteiger charge is -2.35. The molecule has 5 nitrogen and oxygen atoms in total. The Hall–Kier alpha value is -2.60. The van der Waals surface area contributed by atoms with Crippen LogP contribution in [0.25, 0.3) is 5.69 Å². The Morgan fingerprint density at radius 2 is 1.62 bits per heavy atom. The summed E-state index contributed by atoms with van der Waals surface area (Å²) in [6.45, 7) is 3.00. The van der Waals surface area contributed by atoms with Crippen LogP contribution in [0.3, 0.4) is 0 Å². The third-order valence-corrected chi connectivity index (χ3v) is 5.09. The zero-order valence-electron chi connectivity index (χ0n) is 14.3. The molecule has 4 rings (SSSR count). The Labute approximate surface area is 161 Å². The molecule has 26 heavy (non-hydrogen) atoms. The summed E-state index contributed by atoms with van der Waals surface area (Å²) in [4.78, 5) is 21.3. The van der Waals surface area contributed by atoms with Crippen LogP contribution in [-0.4, -0.2) is 46.5 Å². The van der Waals surface area contributed by atoms with Crippen LogP contribution in [0.2, 0.25) is 0 Å². The molecule has 2 aromatic heterocycles. The predicted molar refractivity (Wildman–Crippen MR) is 106 cm³/mol. The van der Waals surface area contributed by atoms with Gasteiger partial charge in [-0.25, -0.2) is 4.98 Å². The van der Waals surface area contributed by atoms with E-state index in [0.29, 0.717) is 13.1 Å². The maximum atomic E-state index is 12.8. The first kappa shape index (κ1) is 16.8. The number of carbonyl (C=O) groups is 1. The molecule has 0 bridgehead atoms. The molecule has 3 aromatic rings. The van der Waals surface area contributed by atoms with Crippen molar-refractivity contribution in [2.45, 2.75) is 0 Å². The Kier molecular flexibility index (Phi) is 4.75. The van der Waals surface area contributed by atoms with Gasteiger partial charge < -0.3 is 14.4 Å². The first-order chi connectivity index (χ1) is 12.7. The van der Waals surface area contributed by atoms with E-state index in [9.17, 15) is 4.79 Å². The average Bonchev–Trinajstić information content (AvgIpc) is 3.23. The topological polar surface area (TPSA) is 41.4 Å². The van der Waals surface area contributed by atoms with E-state index in [0.717, 1.165) is 34.6 Å². The van der Waals surface area contributed by atoms with Gasteiger partial charge in [-0.05, 0) is 64.5 Å². The van der Waals surface area contributed by atoms with E-state index in [1.54, 1.807) is 6.20 Å². The van der Waals surface area contributed by atoms with Crippen LogP contribution in [0, 0.1) is 0 Å². The van der Waals surface area contributed by atoms with Crippen LogP contribution in [0.5, 0.6) is 0 Å². The molecule has 0 spiro atoms. The van der Waals surface area contributed by atoms with Crippen molar-refractivity contribution in [2.24, 2.45) is 0 Å². The fourth-order valence-electron chi connectivity index (χ4n) is 3.16. The number of aromatic nitrogens is 2. The highest BCUT2D eigenvalue weighted by Crippen LogP contribution is 2.18. The molecule has 132 valence electrons. The van der Waals surface area contributed by atoms with Crippen molar-refractivity contribution in [3.8, 4) is 5.69 Å². The van der Waals surface area contributed by atoms with E-state index in [1.165, 1.54) is 0 Å². The van der Waals surface area contributed by atoms with Gasteiger partial charge in [0.1, 0.15) is 5.82 Å². The molecule has 0 aliphatic carbocycles. The molecule has 0 saturated carbocycles. The number of hydrogen-bond donors (Lipinski definition) is 0. The third kappa shape index (κ3) is 3.51. The lowest BCUT2D eigenvalue weighted by atomic mass is 10.1. The second kappa shape index (κ2) is 7.33. The monoisotopic (exact) mass is 410 g/mol. The van der Waals surface area contributed by atoms with Crippen molar-refractivity contribution in [3.05, 3.63) is 77.2 Å². The van der Waals surface area contributed by atoms with Crippen LogP contribution >= 0.6 is 15.9 Å². The van der Waals surface area contributed by atoms with Crippen molar-refractivity contribution in [1.82, 2.24) is 14.5 Å². The first-order valence-electron chi connectivity index (χ1n) is 8.60. The highest BCUT2D eigenvalue weighted by Gasteiger charge is 2.22. The molecule has 1 aromatic carbocycles. The third-order valence-electron chi connectivity index (χ3n) is 4.62. The summed E-state index contributed by atoms with van der Waals surface area (Å²) < 4.78 is 3.00. The molecule has 0 N–H and O–H groups in total. The summed E-state index contributed by atoms with van der Waals surface area (Å²) in [5.41, 5.74) is 1.79. The summed E-state index contributed by atoms with van der Waals surface area (Å²) in [5, 5.41) is 0. The van der Waals surface area contributed by atoms with Gasteiger partial charge in [-0.2, -0.15) is 0 Å². The maximum Gasteiger partial charge on any atom is 0.253 e. The Bertz CT molecular complexity index is 867. The van der Waals surface area contributed by atoms with E-state index in [-0.39, 0.29) is 5.91 Å². The van der Waals surface area contributed by atoms with Gasteiger partial charge in [0.2, 0.25) is 0 Å². The van der Waals surface area contributed by atoms with Crippen molar-refractivity contribution in [3.63, 3.8) is 0 Å². The van der Waals surface area contributed by atoms with Gasteiger partial charge in [-0.15, -0.1) is 0 Å². The highest BCUT2D eigenvalue weighted by molar-refractivity contribution is 9.10. The lowest BCUT2D eigenvalue weighted by Crippen LogP contribution is -2.49. The number of halogens is 1. The molecule has 1 aliphatic rings. The normalized spacial score (nSPS) is 14.5. The number of nitrogens with zero attached hydrogens (tertiary/aromatic N) is 4. The van der Waals surface area contributed by atoms with E-state index in [1.807, 2.05) is 70.4 Å². The quantitative estimate of drug-likeness (QED) is 0.662. The zero-order valence-corrected chi connectivity index (χ0v) is 15.8. The minimum absolute atomic E-state index is 0.0903. The van der Waals surface area contributed by atoms with Crippen LogP contribution in [0.1, 0.15) is 10.4 Å². The average molecular weight is 411 g/mol. The summed E-state index contributed by atoms with van der Waals surface area (Å²) in [6.07, 6.45) is 5.79. The summed E-state index contributed by atoms with van der Waals surface area (Å²) in [5.74, 6) is 1.05. The smallest absolute Gasteiger partial charge is 0.253 e. The summed E-state index contributed by atoms with van der Waals surface area (Å²) in [7, 11) is 0. The van der Waals surface area contributed by atoms with Crippen molar-refractivity contribution >= 4 is 27.7 Å². The van der Waals surface area contributed by atoms with Crippen molar-refractivity contribution < 1.29 is 4.79 Å². The molecule has 1 aliphatic heterocycles. The second-order valence-corrected chi connectivity index (χ2v) is 7.17. The molecule has 0 unspecified atom stereocenters. The van der Waals surface area contributed by atoms with Crippen molar-refractivity contribution in [2.75, 3.05) is 31.1 Å². The molecular formula is C20H19BrN4O. The number of amides is 1. The van der Waals surface area contributed by atoms with Gasteiger partial charge in [0.05, 0.1) is 0 Å². The minimum Gasteiger partial charge on any atom is -0.353 e. The molecule has 0 radical (unpaired) electrons. The molecule has 3 heterocycles. The van der Waals surface area contributed by atoms with Crippen LogP contribution in [-0.2, 0) is 0 Å². The van der Waals surface area contributed by atoms with Gasteiger partial charge in [0, 0.05) is 60.5 Å². The van der Waals surface area contributed by atoms with E-state index >= 15 is 0 Å². The first-order valence-corrected chi connectivity index (χ1v) is 9.39. The largest absolute Gasteiger partial charge is 0.353 e. The number of benzene rings is 1. The molecular weight excluding hydrogens is 392 g/mol. The van der Waals surface area contributed by atoms with E-state index in [4.69, 9.17) is 0 Å². The molecule has 0 atom stereocenters. The molecule has 1 saturated heterocycles. The fourth-order valence-corrected chi connectivity index (χ4v) is 3.39. The summed E-state index contributed by atoms with van der Waals surface area (Å²) in [6, 6.07) is 15.7. The van der Waals surface area contributed by atoms with Crippen LogP contribution in [0.4, 0.5) is 5.82 Å². The van der Waals surface area contributed by atoms with Gasteiger partial charge in [-0.1, -0.05) is 0 Å². The van der Waals surface area contributed by atoms with Gasteiger partial charge in [0.25, 0.3) is 5.91 Å². The Morgan fingerprint density at radius 1 is 0.923 bits per heavy atom. The van der Waals surface area contributed by atoms with E-state index in [2.05, 4.69) is 25.8 Å². The van der Waals surface area contributed by atoms with E-state index < -0.39 is 0 Å². The van der Waals surface area contributed by atoms with Gasteiger partial charge in [0.15, 0.2) is 0 Å². The molecule has 6 heteroatoms. The number of pyridine rings is 1. The zero-order chi connectivity index (χ0) is 17.9. The number of anilines is 1. The highest BCUT2D eigenvalue weighted by atomic mass is 79.9. The number of hydrogen-bond acceptors (Lipinski definition) is 3. The predicted octanol–water partition coefficient (Wildman–Crippen LogP) is 3.60. The SMILES string of the molecule is O=C(c1ccc(-n2cccc2)cc1)N1CCN(c2ccc(Br)cn2)CC1. The Morgan fingerprint density at radius 3 is 2.23 bits per heavy atom. The second-order valence-electron chi connectivity index (χ2n) is 6.25. The molecule has 1 amide bonds. The van der Waals surface area contributed by atoms with Gasteiger partial charge in [-0.3, -0.25) is 4.79 Å². The standard InChI is InChI=1S/C20H19BrN4O/c21-17-5-8-19(22-15-17)24-11-13-25(14-12-24)20(26)16-3-6-18(7-4-16)23-9-1-2-10-23/h1-10,15H,11-14H2. The number of piperazine rings is 1. The van der Waals surface area contributed by atoms with Gasteiger partial charge >= 0.3 is 0 Å². The number of carbonyl (C=O) groups excluding carboxylic acids is 1. The fraction of sp³-hybridized carbons (Fsp3) is 0.200. The van der Waals surface area contributed by atoms with Crippen LogP contribution in [0.15, 0.2) is 71.6 Å². The minimum atomic E-state index is 0.0903. The molecule has 1 fully saturated rings. The lowest BCUT2D eigenvalue weighted by molar-refractivity contribution is 0.0746.